The number of halogens is 1. The van der Waals surface area contributed by atoms with Crippen LogP contribution < -0.4 is 5.32 Å². The minimum Gasteiger partial charge on any atom is -0.340 e. The van der Waals surface area contributed by atoms with Crippen molar-refractivity contribution in [2.24, 2.45) is 5.92 Å². The number of likely N-dealkylation sites (N-methyl/N-ethyl adjacent to an activating group) is 1. The van der Waals surface area contributed by atoms with Crippen molar-refractivity contribution in [3.8, 4) is 0 Å². The number of rotatable bonds is 6. The van der Waals surface area contributed by atoms with Gasteiger partial charge in [0.2, 0.25) is 5.91 Å². The molecule has 0 radical (unpaired) electrons. The number of hydrogen-bond acceptors (Lipinski definition) is 3. The van der Waals surface area contributed by atoms with E-state index in [0.29, 0.717) is 11.4 Å². The van der Waals surface area contributed by atoms with Crippen LogP contribution in [0.25, 0.3) is 0 Å². The van der Waals surface area contributed by atoms with E-state index in [1.807, 2.05) is 19.2 Å². The van der Waals surface area contributed by atoms with E-state index in [1.54, 1.807) is 36.2 Å². The average molecular weight is 348 g/mol. The minimum atomic E-state index is -0.606. The molecular weight excluding hydrogens is 327 g/mol. The SMILES string of the molecule is CC(C)C(NC(=O)c1cccs1)C(=O)N(C)Cc1ccc(F)cc1. The van der Waals surface area contributed by atoms with Gasteiger partial charge in [-0.15, -0.1) is 11.3 Å². The van der Waals surface area contributed by atoms with Crippen molar-refractivity contribution in [3.05, 3.63) is 58.0 Å². The summed E-state index contributed by atoms with van der Waals surface area (Å²) in [6.45, 7) is 4.14. The fourth-order valence-corrected chi connectivity index (χ4v) is 2.94. The van der Waals surface area contributed by atoms with Crippen LogP contribution in [-0.2, 0) is 11.3 Å². The van der Waals surface area contributed by atoms with Crippen LogP contribution in [0.15, 0.2) is 41.8 Å². The first-order chi connectivity index (χ1) is 11.4. The van der Waals surface area contributed by atoms with E-state index in [-0.39, 0.29) is 23.5 Å². The number of hydrogen-bond donors (Lipinski definition) is 1. The molecule has 24 heavy (non-hydrogen) atoms. The van der Waals surface area contributed by atoms with Crippen LogP contribution in [0.2, 0.25) is 0 Å². The lowest BCUT2D eigenvalue weighted by molar-refractivity contribution is -0.133. The van der Waals surface area contributed by atoms with E-state index >= 15 is 0 Å². The van der Waals surface area contributed by atoms with Gasteiger partial charge in [0.15, 0.2) is 0 Å². The van der Waals surface area contributed by atoms with Crippen molar-refractivity contribution >= 4 is 23.2 Å². The van der Waals surface area contributed by atoms with Gasteiger partial charge >= 0.3 is 0 Å². The molecule has 0 aliphatic carbocycles. The average Bonchev–Trinajstić information content (AvgIpc) is 3.08. The Morgan fingerprint density at radius 2 is 1.88 bits per heavy atom. The number of carbonyl (C=O) groups excluding carboxylic acids is 2. The second kappa shape index (κ2) is 8.06. The van der Waals surface area contributed by atoms with Gasteiger partial charge in [0.1, 0.15) is 11.9 Å². The van der Waals surface area contributed by atoms with E-state index in [1.165, 1.54) is 23.5 Å². The second-order valence-electron chi connectivity index (χ2n) is 5.99. The third-order valence-electron chi connectivity index (χ3n) is 3.67. The lowest BCUT2D eigenvalue weighted by atomic mass is 10.0. The van der Waals surface area contributed by atoms with Crippen molar-refractivity contribution in [2.45, 2.75) is 26.4 Å². The molecule has 2 aromatic rings. The van der Waals surface area contributed by atoms with Gasteiger partial charge in [-0.1, -0.05) is 32.0 Å². The molecule has 1 aromatic heterocycles. The van der Waals surface area contributed by atoms with Crippen molar-refractivity contribution in [3.63, 3.8) is 0 Å². The van der Waals surface area contributed by atoms with Crippen molar-refractivity contribution in [1.82, 2.24) is 10.2 Å². The molecule has 2 rings (SSSR count). The Hall–Kier alpha value is -2.21. The molecule has 0 spiro atoms. The zero-order valence-corrected chi connectivity index (χ0v) is 14.8. The van der Waals surface area contributed by atoms with E-state index in [9.17, 15) is 14.0 Å². The molecule has 0 fully saturated rings. The van der Waals surface area contributed by atoms with Crippen LogP contribution >= 0.6 is 11.3 Å². The maximum atomic E-state index is 13.0. The number of benzene rings is 1. The Bertz CT molecular complexity index is 684. The van der Waals surface area contributed by atoms with Gasteiger partial charge in [-0.3, -0.25) is 9.59 Å². The molecule has 0 saturated carbocycles. The van der Waals surface area contributed by atoms with Gasteiger partial charge in [-0.2, -0.15) is 0 Å². The monoisotopic (exact) mass is 348 g/mol. The fourth-order valence-electron chi connectivity index (χ4n) is 2.31. The zero-order chi connectivity index (χ0) is 17.7. The number of carbonyl (C=O) groups is 2. The lowest BCUT2D eigenvalue weighted by Crippen LogP contribution is -2.49. The largest absolute Gasteiger partial charge is 0.340 e. The van der Waals surface area contributed by atoms with Crippen LogP contribution in [-0.4, -0.2) is 29.8 Å². The molecule has 1 unspecified atom stereocenters. The van der Waals surface area contributed by atoms with Crippen molar-refractivity contribution < 1.29 is 14.0 Å². The first-order valence-corrected chi connectivity index (χ1v) is 8.60. The summed E-state index contributed by atoms with van der Waals surface area (Å²) in [5.74, 6) is -0.764. The molecule has 0 aliphatic heterocycles. The first kappa shape index (κ1) is 18.1. The molecule has 2 amide bonds. The summed E-state index contributed by atoms with van der Waals surface area (Å²) in [6, 6.07) is 8.95. The molecule has 1 N–H and O–H groups in total. The quantitative estimate of drug-likeness (QED) is 0.871. The molecule has 0 aliphatic rings. The highest BCUT2D eigenvalue weighted by molar-refractivity contribution is 7.12. The standard InChI is InChI=1S/C18H21FN2O2S/c1-12(2)16(20-17(22)15-5-4-10-24-15)18(23)21(3)11-13-6-8-14(19)9-7-13/h4-10,12,16H,11H2,1-3H3,(H,20,22). The zero-order valence-electron chi connectivity index (χ0n) is 14.0. The summed E-state index contributed by atoms with van der Waals surface area (Å²) >= 11 is 1.34. The second-order valence-corrected chi connectivity index (χ2v) is 6.94. The maximum Gasteiger partial charge on any atom is 0.262 e. The molecule has 128 valence electrons. The predicted molar refractivity (Wildman–Crippen MR) is 93.3 cm³/mol. The first-order valence-electron chi connectivity index (χ1n) is 7.72. The predicted octanol–water partition coefficient (Wildman–Crippen LogP) is 3.30. The van der Waals surface area contributed by atoms with Crippen molar-refractivity contribution in [1.29, 1.82) is 0 Å². The van der Waals surface area contributed by atoms with Crippen LogP contribution in [0.4, 0.5) is 4.39 Å². The minimum absolute atomic E-state index is 0.0444. The lowest BCUT2D eigenvalue weighted by Gasteiger charge is -2.27. The summed E-state index contributed by atoms with van der Waals surface area (Å²) in [7, 11) is 1.68. The van der Waals surface area contributed by atoms with Gasteiger partial charge in [0.05, 0.1) is 4.88 Å². The summed E-state index contributed by atoms with van der Waals surface area (Å²) in [5.41, 5.74) is 0.833. The van der Waals surface area contributed by atoms with Gasteiger partial charge in [0.25, 0.3) is 5.91 Å². The molecule has 0 saturated heterocycles. The van der Waals surface area contributed by atoms with Gasteiger partial charge in [0, 0.05) is 13.6 Å². The Kier molecular flexibility index (Phi) is 6.09. The highest BCUT2D eigenvalue weighted by Gasteiger charge is 2.27. The van der Waals surface area contributed by atoms with Gasteiger partial charge in [-0.05, 0) is 35.1 Å². The maximum absolute atomic E-state index is 13.0. The highest BCUT2D eigenvalue weighted by Crippen LogP contribution is 2.13. The van der Waals surface area contributed by atoms with Gasteiger partial charge < -0.3 is 10.2 Å². The Balaban J connectivity index is 2.04. The van der Waals surface area contributed by atoms with Crippen LogP contribution in [0.1, 0.15) is 29.1 Å². The molecule has 4 nitrogen and oxygen atoms in total. The van der Waals surface area contributed by atoms with E-state index in [4.69, 9.17) is 0 Å². The Labute approximate surface area is 145 Å². The molecule has 1 heterocycles. The highest BCUT2D eigenvalue weighted by atomic mass is 32.1. The molecule has 1 atom stereocenters. The summed E-state index contributed by atoms with van der Waals surface area (Å²) in [5, 5.41) is 4.64. The fraction of sp³-hybridized carbons (Fsp3) is 0.333. The van der Waals surface area contributed by atoms with E-state index in [0.717, 1.165) is 5.56 Å². The molecular formula is C18H21FN2O2S. The van der Waals surface area contributed by atoms with Crippen LogP contribution in [0, 0.1) is 11.7 Å². The third kappa shape index (κ3) is 4.64. The van der Waals surface area contributed by atoms with E-state index < -0.39 is 6.04 Å². The topological polar surface area (TPSA) is 49.4 Å². The third-order valence-corrected chi connectivity index (χ3v) is 4.54. The smallest absolute Gasteiger partial charge is 0.262 e. The molecule has 6 heteroatoms. The normalized spacial score (nSPS) is 12.0. The summed E-state index contributed by atoms with van der Waals surface area (Å²) < 4.78 is 13.0. The number of nitrogens with one attached hydrogen (secondary N) is 1. The van der Waals surface area contributed by atoms with Crippen LogP contribution in [0.5, 0.6) is 0 Å². The Morgan fingerprint density at radius 1 is 1.21 bits per heavy atom. The van der Waals surface area contributed by atoms with Gasteiger partial charge in [-0.25, -0.2) is 4.39 Å². The number of thiophene rings is 1. The summed E-state index contributed by atoms with van der Waals surface area (Å²) in [6.07, 6.45) is 0. The van der Waals surface area contributed by atoms with Crippen LogP contribution in [0.3, 0.4) is 0 Å². The van der Waals surface area contributed by atoms with E-state index in [2.05, 4.69) is 5.32 Å². The Morgan fingerprint density at radius 3 is 2.42 bits per heavy atom. The number of amides is 2. The summed E-state index contributed by atoms with van der Waals surface area (Å²) in [4.78, 5) is 27.1. The molecule has 1 aromatic carbocycles. The number of nitrogens with zero attached hydrogens (tertiary/aromatic N) is 1. The molecule has 0 bridgehead atoms. The van der Waals surface area contributed by atoms with Crippen molar-refractivity contribution in [2.75, 3.05) is 7.05 Å².